The van der Waals surface area contributed by atoms with E-state index in [2.05, 4.69) is 76.9 Å². The second-order valence-electron chi connectivity index (χ2n) is 9.38. The Morgan fingerprint density at radius 3 is 2.41 bits per heavy atom. The summed E-state index contributed by atoms with van der Waals surface area (Å²) in [6.45, 7) is 11.6. The molecule has 0 saturated carbocycles. The molecule has 3 aromatic rings. The maximum Gasteiger partial charge on any atom is 0.234 e. The van der Waals surface area contributed by atoms with Gasteiger partial charge in [0.2, 0.25) is 10.7 Å². The SMILES string of the molecule is Cc1cccc(-n2c(-c3ccccc3)nn(CN3CCN(CC(=O)NCC(C)C)CC3)c2=S)c1. The number of carbonyl (C=O) groups excluding carboxylic acids is 1. The summed E-state index contributed by atoms with van der Waals surface area (Å²) >= 11 is 5.91. The standard InChI is InChI=1S/C26H34N6OS/c1-20(2)17-27-24(33)18-29-12-14-30(15-13-29)19-31-26(34)32(23-11-7-8-21(3)16-23)25(28-31)22-9-5-4-6-10-22/h4-11,16,20H,12-15,17-19H2,1-3H3,(H,27,33). The van der Waals surface area contributed by atoms with Gasteiger partial charge in [0, 0.05) is 38.3 Å². The van der Waals surface area contributed by atoms with Crippen molar-refractivity contribution in [3.05, 3.63) is 64.9 Å². The van der Waals surface area contributed by atoms with Crippen LogP contribution in [0.5, 0.6) is 0 Å². The van der Waals surface area contributed by atoms with Crippen molar-refractivity contribution < 1.29 is 4.79 Å². The number of aryl methyl sites for hydroxylation is 1. The number of hydrogen-bond acceptors (Lipinski definition) is 5. The van der Waals surface area contributed by atoms with Crippen molar-refractivity contribution in [2.24, 2.45) is 5.92 Å². The Morgan fingerprint density at radius 2 is 1.74 bits per heavy atom. The van der Waals surface area contributed by atoms with Crippen molar-refractivity contribution in [3.8, 4) is 17.1 Å². The van der Waals surface area contributed by atoms with E-state index in [1.165, 1.54) is 5.56 Å². The van der Waals surface area contributed by atoms with E-state index < -0.39 is 0 Å². The van der Waals surface area contributed by atoms with Crippen LogP contribution in [0.15, 0.2) is 54.6 Å². The van der Waals surface area contributed by atoms with Crippen molar-refractivity contribution in [2.75, 3.05) is 39.3 Å². The number of benzene rings is 2. The van der Waals surface area contributed by atoms with E-state index in [1.54, 1.807) is 0 Å². The number of rotatable bonds is 8. The minimum absolute atomic E-state index is 0.105. The summed E-state index contributed by atoms with van der Waals surface area (Å²) in [6.07, 6.45) is 0. The van der Waals surface area contributed by atoms with E-state index >= 15 is 0 Å². The zero-order valence-corrected chi connectivity index (χ0v) is 21.1. The molecule has 1 aliphatic rings. The van der Waals surface area contributed by atoms with Crippen LogP contribution in [0.1, 0.15) is 19.4 Å². The Bertz CT molecular complexity index is 1160. The van der Waals surface area contributed by atoms with Gasteiger partial charge < -0.3 is 5.32 Å². The fourth-order valence-electron chi connectivity index (χ4n) is 4.13. The fraction of sp³-hybridized carbons (Fsp3) is 0.423. The molecule has 0 spiro atoms. The smallest absolute Gasteiger partial charge is 0.234 e. The number of amides is 1. The van der Waals surface area contributed by atoms with E-state index in [4.69, 9.17) is 17.3 Å². The first-order chi connectivity index (χ1) is 16.4. The highest BCUT2D eigenvalue weighted by molar-refractivity contribution is 7.71. The fourth-order valence-corrected chi connectivity index (χ4v) is 4.42. The van der Waals surface area contributed by atoms with Gasteiger partial charge in [-0.2, -0.15) is 0 Å². The Balaban J connectivity index is 1.48. The molecule has 8 heteroatoms. The van der Waals surface area contributed by atoms with E-state index in [9.17, 15) is 4.79 Å². The van der Waals surface area contributed by atoms with Crippen LogP contribution >= 0.6 is 12.2 Å². The van der Waals surface area contributed by atoms with Gasteiger partial charge in [-0.1, -0.05) is 56.3 Å². The van der Waals surface area contributed by atoms with Crippen LogP contribution in [0.3, 0.4) is 0 Å². The molecule has 180 valence electrons. The second-order valence-corrected chi connectivity index (χ2v) is 9.74. The summed E-state index contributed by atoms with van der Waals surface area (Å²) in [5, 5.41) is 7.95. The minimum atomic E-state index is 0.105. The lowest BCUT2D eigenvalue weighted by Crippen LogP contribution is -2.50. The minimum Gasteiger partial charge on any atom is -0.355 e. The largest absolute Gasteiger partial charge is 0.355 e. The van der Waals surface area contributed by atoms with Gasteiger partial charge in [-0.15, -0.1) is 5.10 Å². The van der Waals surface area contributed by atoms with Gasteiger partial charge in [0.15, 0.2) is 5.82 Å². The molecule has 1 amide bonds. The van der Waals surface area contributed by atoms with Crippen LogP contribution < -0.4 is 5.32 Å². The topological polar surface area (TPSA) is 58.3 Å². The van der Waals surface area contributed by atoms with Crippen molar-refractivity contribution in [2.45, 2.75) is 27.4 Å². The van der Waals surface area contributed by atoms with Gasteiger partial charge in [-0.3, -0.25) is 19.2 Å². The summed E-state index contributed by atoms with van der Waals surface area (Å²) in [4.78, 5) is 16.7. The predicted molar refractivity (Wildman–Crippen MR) is 138 cm³/mol. The van der Waals surface area contributed by atoms with Gasteiger partial charge in [-0.05, 0) is 42.8 Å². The van der Waals surface area contributed by atoms with Gasteiger partial charge in [0.1, 0.15) is 0 Å². The molecule has 4 rings (SSSR count). The quantitative estimate of drug-likeness (QED) is 0.500. The van der Waals surface area contributed by atoms with Crippen molar-refractivity contribution >= 4 is 18.1 Å². The lowest BCUT2D eigenvalue weighted by atomic mass is 10.2. The molecule has 7 nitrogen and oxygen atoms in total. The van der Waals surface area contributed by atoms with Crippen LogP contribution in [0, 0.1) is 17.6 Å². The number of nitrogens with one attached hydrogen (secondary N) is 1. The second kappa shape index (κ2) is 11.1. The molecule has 0 radical (unpaired) electrons. The Hall–Kier alpha value is -2.81. The van der Waals surface area contributed by atoms with Crippen LogP contribution in [0.25, 0.3) is 17.1 Å². The zero-order valence-electron chi connectivity index (χ0n) is 20.3. The van der Waals surface area contributed by atoms with Crippen LogP contribution in [0.4, 0.5) is 0 Å². The third-order valence-electron chi connectivity index (χ3n) is 6.00. The third kappa shape index (κ3) is 6.00. The maximum absolute atomic E-state index is 12.2. The molecule has 2 aromatic carbocycles. The van der Waals surface area contributed by atoms with E-state index in [1.807, 2.05) is 22.9 Å². The van der Waals surface area contributed by atoms with E-state index in [0.29, 0.717) is 23.9 Å². The molecule has 0 bridgehead atoms. The summed E-state index contributed by atoms with van der Waals surface area (Å²) < 4.78 is 4.66. The van der Waals surface area contributed by atoms with Gasteiger partial charge >= 0.3 is 0 Å². The molecular weight excluding hydrogens is 444 g/mol. The Morgan fingerprint density at radius 1 is 1.03 bits per heavy atom. The van der Waals surface area contributed by atoms with Crippen molar-refractivity contribution in [1.29, 1.82) is 0 Å². The number of piperazine rings is 1. The first kappa shape index (κ1) is 24.3. The normalized spacial score (nSPS) is 15.1. The number of aromatic nitrogens is 3. The lowest BCUT2D eigenvalue weighted by molar-refractivity contribution is -0.122. The van der Waals surface area contributed by atoms with Crippen molar-refractivity contribution in [1.82, 2.24) is 29.5 Å². The molecule has 1 N–H and O–H groups in total. The molecule has 0 atom stereocenters. The Labute approximate surface area is 207 Å². The molecule has 34 heavy (non-hydrogen) atoms. The molecule has 1 aromatic heterocycles. The Kier molecular flexibility index (Phi) is 7.92. The van der Waals surface area contributed by atoms with E-state index in [-0.39, 0.29) is 5.91 Å². The van der Waals surface area contributed by atoms with Crippen LogP contribution in [-0.2, 0) is 11.5 Å². The van der Waals surface area contributed by atoms with Crippen LogP contribution in [-0.4, -0.2) is 69.3 Å². The lowest BCUT2D eigenvalue weighted by Gasteiger charge is -2.34. The molecule has 1 saturated heterocycles. The predicted octanol–water partition coefficient (Wildman–Crippen LogP) is 3.73. The molecule has 1 aliphatic heterocycles. The van der Waals surface area contributed by atoms with Crippen molar-refractivity contribution in [3.63, 3.8) is 0 Å². The number of carbonyl (C=O) groups is 1. The summed E-state index contributed by atoms with van der Waals surface area (Å²) in [5.74, 6) is 1.41. The molecule has 1 fully saturated rings. The van der Waals surface area contributed by atoms with E-state index in [0.717, 1.165) is 49.8 Å². The summed E-state index contributed by atoms with van der Waals surface area (Å²) in [6, 6.07) is 18.5. The first-order valence-corrected chi connectivity index (χ1v) is 12.4. The molecule has 0 aliphatic carbocycles. The highest BCUT2D eigenvalue weighted by atomic mass is 32.1. The average Bonchev–Trinajstić information content (AvgIpc) is 3.15. The third-order valence-corrected chi connectivity index (χ3v) is 6.40. The molecular formula is C26H34N6OS. The number of nitrogens with zero attached hydrogens (tertiary/aromatic N) is 5. The van der Waals surface area contributed by atoms with Crippen LogP contribution in [0.2, 0.25) is 0 Å². The summed E-state index contributed by atoms with van der Waals surface area (Å²) in [7, 11) is 0. The first-order valence-electron chi connectivity index (χ1n) is 11.9. The number of hydrogen-bond donors (Lipinski definition) is 1. The zero-order chi connectivity index (χ0) is 24.1. The summed E-state index contributed by atoms with van der Waals surface area (Å²) in [5.41, 5.74) is 3.23. The maximum atomic E-state index is 12.2. The van der Waals surface area contributed by atoms with Gasteiger partial charge in [-0.25, -0.2) is 4.68 Å². The molecule has 2 heterocycles. The average molecular weight is 479 g/mol. The highest BCUT2D eigenvalue weighted by Gasteiger charge is 2.21. The van der Waals surface area contributed by atoms with Gasteiger partial charge in [0.05, 0.1) is 18.9 Å². The monoisotopic (exact) mass is 478 g/mol. The molecule has 0 unspecified atom stereocenters. The highest BCUT2D eigenvalue weighted by Crippen LogP contribution is 2.23. The van der Waals surface area contributed by atoms with Gasteiger partial charge in [0.25, 0.3) is 0 Å².